The number of aromatic nitrogens is 3. The molecule has 0 radical (unpaired) electrons. The number of carbonyl (C=O) groups excluding carboxylic acids is 1. The molecule has 2 aliphatic rings. The fourth-order valence-corrected chi connectivity index (χ4v) is 7.03. The summed E-state index contributed by atoms with van der Waals surface area (Å²) < 4.78 is 23.9. The van der Waals surface area contributed by atoms with E-state index in [1.807, 2.05) is 34.6 Å². The number of thioether (sulfide) groups is 1. The highest BCUT2D eigenvalue weighted by Crippen LogP contribution is 2.30. The molecule has 1 aliphatic carbocycles. The van der Waals surface area contributed by atoms with Gasteiger partial charge in [0, 0.05) is 17.0 Å². The van der Waals surface area contributed by atoms with Crippen LogP contribution in [0.25, 0.3) is 12.2 Å². The maximum absolute atomic E-state index is 13.0. The van der Waals surface area contributed by atoms with Gasteiger partial charge in [-0.3, -0.25) is 9.89 Å². The van der Waals surface area contributed by atoms with Gasteiger partial charge >= 0.3 is 0 Å². The first-order chi connectivity index (χ1) is 14.0. The first-order valence-corrected chi connectivity index (χ1v) is 13.5. The van der Waals surface area contributed by atoms with Crippen LogP contribution in [0.1, 0.15) is 42.8 Å². The van der Waals surface area contributed by atoms with Crippen molar-refractivity contribution in [2.75, 3.05) is 17.3 Å². The summed E-state index contributed by atoms with van der Waals surface area (Å²) in [6.07, 6.45) is 8.50. The van der Waals surface area contributed by atoms with Crippen molar-refractivity contribution in [3.63, 3.8) is 0 Å². The zero-order valence-electron chi connectivity index (χ0n) is 16.0. The number of sulfone groups is 1. The number of carbonyl (C=O) groups is 1. The second kappa shape index (κ2) is 9.01. The number of aromatic amines is 1. The first kappa shape index (κ1) is 20.6. The molecule has 2 aromatic rings. The number of H-pyrrole nitrogens is 1. The Kier molecular flexibility index (Phi) is 6.41. The predicted octanol–water partition coefficient (Wildman–Crippen LogP) is 3.09. The fraction of sp³-hybridized carbons (Fsp3) is 0.526. The summed E-state index contributed by atoms with van der Waals surface area (Å²) in [7, 11) is -3.03. The van der Waals surface area contributed by atoms with Crippen LogP contribution in [0.3, 0.4) is 0 Å². The molecule has 3 heterocycles. The minimum Gasteiger partial charge on any atom is -0.335 e. The SMILES string of the molecule is O=C(CSc1n[nH]c(/C=C/c2cccs2)n1)N(C1CCCC1)C1CCS(=O)(=O)C1. The Morgan fingerprint density at radius 3 is 2.79 bits per heavy atom. The lowest BCUT2D eigenvalue weighted by molar-refractivity contribution is -0.132. The van der Waals surface area contributed by atoms with E-state index in [9.17, 15) is 13.2 Å². The number of hydrogen-bond donors (Lipinski definition) is 1. The Hall–Kier alpha value is -1.65. The van der Waals surface area contributed by atoms with Gasteiger partial charge in [-0.1, -0.05) is 30.7 Å². The van der Waals surface area contributed by atoms with Crippen LogP contribution in [-0.4, -0.2) is 63.7 Å². The van der Waals surface area contributed by atoms with Crippen LogP contribution >= 0.6 is 23.1 Å². The molecule has 1 saturated carbocycles. The Morgan fingerprint density at radius 2 is 2.10 bits per heavy atom. The number of amides is 1. The fourth-order valence-electron chi connectivity index (χ4n) is 4.03. The molecule has 1 atom stereocenters. The summed E-state index contributed by atoms with van der Waals surface area (Å²) in [6, 6.07) is 3.99. The van der Waals surface area contributed by atoms with Crippen molar-refractivity contribution in [2.45, 2.75) is 49.3 Å². The Balaban J connectivity index is 1.38. The van der Waals surface area contributed by atoms with Crippen molar-refractivity contribution in [3.8, 4) is 0 Å². The van der Waals surface area contributed by atoms with E-state index in [1.54, 1.807) is 11.3 Å². The quantitative estimate of drug-likeness (QED) is 0.649. The Bertz CT molecular complexity index is 963. The summed E-state index contributed by atoms with van der Waals surface area (Å²) in [4.78, 5) is 20.4. The zero-order chi connectivity index (χ0) is 20.3. The van der Waals surface area contributed by atoms with E-state index in [4.69, 9.17) is 0 Å². The third-order valence-corrected chi connectivity index (χ3v) is 8.78. The van der Waals surface area contributed by atoms with Crippen molar-refractivity contribution in [2.24, 2.45) is 0 Å². The van der Waals surface area contributed by atoms with E-state index < -0.39 is 9.84 Å². The van der Waals surface area contributed by atoms with Crippen LogP contribution in [0.15, 0.2) is 22.7 Å². The summed E-state index contributed by atoms with van der Waals surface area (Å²) in [5.74, 6) is 1.13. The number of nitrogens with zero attached hydrogens (tertiary/aromatic N) is 3. The van der Waals surface area contributed by atoms with Crippen molar-refractivity contribution in [3.05, 3.63) is 28.2 Å². The molecule has 156 valence electrons. The molecule has 1 unspecified atom stereocenters. The molecule has 7 nitrogen and oxygen atoms in total. The average Bonchev–Trinajstić information content (AvgIpc) is 3.47. The van der Waals surface area contributed by atoms with Gasteiger partial charge in [0.1, 0.15) is 5.82 Å². The van der Waals surface area contributed by atoms with Gasteiger partial charge < -0.3 is 4.90 Å². The van der Waals surface area contributed by atoms with Crippen molar-refractivity contribution in [1.82, 2.24) is 20.1 Å². The molecule has 2 aromatic heterocycles. The highest BCUT2D eigenvalue weighted by Gasteiger charge is 2.38. The van der Waals surface area contributed by atoms with Gasteiger partial charge in [-0.25, -0.2) is 13.4 Å². The molecule has 10 heteroatoms. The van der Waals surface area contributed by atoms with E-state index in [0.717, 1.165) is 30.6 Å². The second-order valence-electron chi connectivity index (χ2n) is 7.44. The van der Waals surface area contributed by atoms with Crippen LogP contribution in [0.5, 0.6) is 0 Å². The summed E-state index contributed by atoms with van der Waals surface area (Å²) in [5, 5.41) is 9.59. The molecule has 1 saturated heterocycles. The summed E-state index contributed by atoms with van der Waals surface area (Å²) in [6.45, 7) is 0. The van der Waals surface area contributed by atoms with Crippen LogP contribution in [-0.2, 0) is 14.6 Å². The van der Waals surface area contributed by atoms with Crippen LogP contribution in [0.4, 0.5) is 0 Å². The van der Waals surface area contributed by atoms with Gasteiger partial charge in [-0.05, 0) is 42.9 Å². The lowest BCUT2D eigenvalue weighted by Gasteiger charge is -2.34. The molecular weight excluding hydrogens is 428 g/mol. The summed E-state index contributed by atoms with van der Waals surface area (Å²) in [5.41, 5.74) is 0. The maximum atomic E-state index is 13.0. The lowest BCUT2D eigenvalue weighted by atomic mass is 10.1. The van der Waals surface area contributed by atoms with E-state index in [2.05, 4.69) is 15.2 Å². The molecule has 0 bridgehead atoms. The van der Waals surface area contributed by atoms with Gasteiger partial charge in [-0.2, -0.15) is 0 Å². The highest BCUT2D eigenvalue weighted by atomic mass is 32.2. The molecule has 1 aliphatic heterocycles. The van der Waals surface area contributed by atoms with Crippen LogP contribution in [0.2, 0.25) is 0 Å². The molecule has 4 rings (SSSR count). The molecule has 1 N–H and O–H groups in total. The third-order valence-electron chi connectivity index (χ3n) is 5.36. The number of rotatable bonds is 7. The summed E-state index contributed by atoms with van der Waals surface area (Å²) >= 11 is 2.94. The molecular formula is C19H24N4O3S3. The molecule has 2 fully saturated rings. The Morgan fingerprint density at radius 1 is 1.28 bits per heavy atom. The van der Waals surface area contributed by atoms with Crippen molar-refractivity contribution < 1.29 is 13.2 Å². The van der Waals surface area contributed by atoms with Crippen molar-refractivity contribution in [1.29, 1.82) is 0 Å². The van der Waals surface area contributed by atoms with Gasteiger partial charge in [0.15, 0.2) is 9.84 Å². The van der Waals surface area contributed by atoms with Gasteiger partial charge in [0.05, 0.1) is 17.3 Å². The number of hydrogen-bond acceptors (Lipinski definition) is 7. The smallest absolute Gasteiger partial charge is 0.233 e. The predicted molar refractivity (Wildman–Crippen MR) is 117 cm³/mol. The van der Waals surface area contributed by atoms with Gasteiger partial charge in [0.2, 0.25) is 11.1 Å². The maximum Gasteiger partial charge on any atom is 0.233 e. The topological polar surface area (TPSA) is 96.0 Å². The minimum absolute atomic E-state index is 0.00974. The molecule has 1 amide bonds. The van der Waals surface area contributed by atoms with Crippen LogP contribution < -0.4 is 0 Å². The van der Waals surface area contributed by atoms with E-state index in [0.29, 0.717) is 17.4 Å². The molecule has 0 aromatic carbocycles. The van der Waals surface area contributed by atoms with Gasteiger partial charge in [0.25, 0.3) is 0 Å². The third kappa shape index (κ3) is 5.29. The van der Waals surface area contributed by atoms with E-state index in [-0.39, 0.29) is 35.2 Å². The van der Waals surface area contributed by atoms with Crippen molar-refractivity contribution >= 4 is 51.0 Å². The monoisotopic (exact) mass is 452 g/mol. The first-order valence-electron chi connectivity index (χ1n) is 9.78. The van der Waals surface area contributed by atoms with E-state index in [1.165, 1.54) is 11.8 Å². The lowest BCUT2D eigenvalue weighted by Crippen LogP contribution is -2.47. The highest BCUT2D eigenvalue weighted by molar-refractivity contribution is 7.99. The normalized spacial score (nSPS) is 21.9. The van der Waals surface area contributed by atoms with Gasteiger partial charge in [-0.15, -0.1) is 16.4 Å². The average molecular weight is 453 g/mol. The molecule has 0 spiro atoms. The zero-order valence-corrected chi connectivity index (χ0v) is 18.4. The standard InChI is InChI=1S/C19H24N4O3S3/c24-18(23(14-4-1-2-5-14)15-9-11-29(25,26)13-15)12-28-19-20-17(21-22-19)8-7-16-6-3-10-27-16/h3,6-8,10,14-15H,1-2,4-5,9,11-13H2,(H,20,21,22)/b8-7+. The Labute approximate surface area is 178 Å². The second-order valence-corrected chi connectivity index (χ2v) is 11.6. The largest absolute Gasteiger partial charge is 0.335 e. The van der Waals surface area contributed by atoms with E-state index >= 15 is 0 Å². The van der Waals surface area contributed by atoms with Crippen LogP contribution in [0, 0.1) is 0 Å². The number of nitrogens with one attached hydrogen (secondary N) is 1. The minimum atomic E-state index is -3.03. The number of thiophene rings is 1. The molecule has 29 heavy (non-hydrogen) atoms.